The molecule has 1 heterocycles. The highest BCUT2D eigenvalue weighted by Gasteiger charge is 2.52. The second kappa shape index (κ2) is 4.83. The van der Waals surface area contributed by atoms with Gasteiger partial charge in [0.1, 0.15) is 0 Å². The average Bonchev–Trinajstić information content (AvgIpc) is 2.51. The fourth-order valence-electron chi connectivity index (χ4n) is 1.93. The fourth-order valence-corrected chi connectivity index (χ4v) is 2.50. The molecular formula is C13H16BBrF2O2. The lowest BCUT2D eigenvalue weighted by molar-refractivity contribution is 0.00578. The lowest BCUT2D eigenvalue weighted by Gasteiger charge is -2.32. The van der Waals surface area contributed by atoms with Crippen LogP contribution in [-0.4, -0.2) is 18.3 Å². The largest absolute Gasteiger partial charge is 0.495 e. The molecule has 0 aromatic heterocycles. The lowest BCUT2D eigenvalue weighted by atomic mass is 9.76. The Morgan fingerprint density at radius 2 is 1.63 bits per heavy atom. The molecule has 1 aromatic carbocycles. The van der Waals surface area contributed by atoms with Gasteiger partial charge in [0.2, 0.25) is 0 Å². The van der Waals surface area contributed by atoms with Crippen molar-refractivity contribution < 1.29 is 18.1 Å². The highest BCUT2D eigenvalue weighted by molar-refractivity contribution is 9.08. The van der Waals surface area contributed by atoms with Crippen molar-refractivity contribution in [3.63, 3.8) is 0 Å². The molecule has 19 heavy (non-hydrogen) atoms. The van der Waals surface area contributed by atoms with Gasteiger partial charge in [-0.3, -0.25) is 0 Å². The van der Waals surface area contributed by atoms with Crippen LogP contribution in [0.25, 0.3) is 0 Å². The summed E-state index contributed by atoms with van der Waals surface area (Å²) in [6.07, 6.45) is 0. The maximum Gasteiger partial charge on any atom is 0.495 e. The zero-order valence-corrected chi connectivity index (χ0v) is 13.0. The van der Waals surface area contributed by atoms with Crippen LogP contribution in [0.5, 0.6) is 0 Å². The quantitative estimate of drug-likeness (QED) is 0.612. The highest BCUT2D eigenvalue weighted by Crippen LogP contribution is 2.37. The number of halogens is 3. The Labute approximate surface area is 120 Å². The predicted molar refractivity (Wildman–Crippen MR) is 74.7 cm³/mol. The number of benzene rings is 1. The lowest BCUT2D eigenvalue weighted by Crippen LogP contribution is -2.41. The van der Waals surface area contributed by atoms with Crippen molar-refractivity contribution in [3.05, 3.63) is 29.3 Å². The summed E-state index contributed by atoms with van der Waals surface area (Å²) in [5, 5.41) is 0.204. The minimum atomic E-state index is -0.866. The van der Waals surface area contributed by atoms with Crippen LogP contribution in [0.1, 0.15) is 33.3 Å². The first kappa shape index (κ1) is 14.9. The Bertz CT molecular complexity index is 490. The molecule has 2 nitrogen and oxygen atoms in total. The van der Waals surface area contributed by atoms with Gasteiger partial charge in [0.05, 0.1) is 11.2 Å². The summed E-state index contributed by atoms with van der Waals surface area (Å²) in [5.74, 6) is -1.72. The zero-order chi connectivity index (χ0) is 14.4. The molecular weight excluding hydrogens is 317 g/mol. The number of hydrogen-bond donors (Lipinski definition) is 0. The Balaban J connectivity index is 2.43. The predicted octanol–water partition coefficient (Wildman–Crippen LogP) is 3.16. The molecule has 0 atom stereocenters. The minimum absolute atomic E-state index is 0.204. The SMILES string of the molecule is CC1(C)OB(c2ccc(F)c(F)c2CBr)OC1(C)C. The summed E-state index contributed by atoms with van der Waals surface area (Å²) < 4.78 is 38.8. The number of hydrogen-bond acceptors (Lipinski definition) is 2. The van der Waals surface area contributed by atoms with E-state index in [4.69, 9.17) is 9.31 Å². The second-order valence-electron chi connectivity index (χ2n) is 5.65. The smallest absolute Gasteiger partial charge is 0.399 e. The molecule has 0 unspecified atom stereocenters. The van der Waals surface area contributed by atoms with Crippen molar-refractivity contribution in [1.82, 2.24) is 0 Å². The van der Waals surface area contributed by atoms with Crippen molar-refractivity contribution in [2.75, 3.05) is 0 Å². The Kier molecular flexibility index (Phi) is 3.80. The molecule has 1 saturated heterocycles. The van der Waals surface area contributed by atoms with Gasteiger partial charge >= 0.3 is 7.12 Å². The van der Waals surface area contributed by atoms with E-state index in [1.54, 1.807) is 0 Å². The summed E-state index contributed by atoms with van der Waals surface area (Å²) in [6.45, 7) is 7.67. The van der Waals surface area contributed by atoms with Crippen molar-refractivity contribution in [1.29, 1.82) is 0 Å². The Morgan fingerprint density at radius 3 is 2.11 bits per heavy atom. The van der Waals surface area contributed by atoms with Crippen LogP contribution in [0.15, 0.2) is 12.1 Å². The molecule has 0 radical (unpaired) electrons. The summed E-state index contributed by atoms with van der Waals surface area (Å²) >= 11 is 3.18. The van der Waals surface area contributed by atoms with E-state index < -0.39 is 30.0 Å². The Morgan fingerprint density at radius 1 is 1.11 bits per heavy atom. The molecule has 0 aliphatic carbocycles. The first-order chi connectivity index (χ1) is 8.69. The van der Waals surface area contributed by atoms with Crippen molar-refractivity contribution in [3.8, 4) is 0 Å². The summed E-state index contributed by atoms with van der Waals surface area (Å²) in [6, 6.07) is 2.61. The molecule has 104 valence electrons. The molecule has 0 saturated carbocycles. The van der Waals surface area contributed by atoms with Gasteiger partial charge in [-0.2, -0.15) is 0 Å². The molecule has 0 N–H and O–H groups in total. The van der Waals surface area contributed by atoms with Crippen molar-refractivity contribution in [2.24, 2.45) is 0 Å². The van der Waals surface area contributed by atoms with Crippen molar-refractivity contribution >= 4 is 28.5 Å². The van der Waals surface area contributed by atoms with E-state index >= 15 is 0 Å². The normalized spacial score (nSPS) is 20.9. The van der Waals surface area contributed by atoms with Crippen LogP contribution in [0, 0.1) is 11.6 Å². The van der Waals surface area contributed by atoms with Crippen LogP contribution in [-0.2, 0) is 14.6 Å². The van der Waals surface area contributed by atoms with Gasteiger partial charge in [-0.1, -0.05) is 22.0 Å². The van der Waals surface area contributed by atoms with E-state index in [2.05, 4.69) is 15.9 Å². The van der Waals surface area contributed by atoms with Crippen LogP contribution in [0.3, 0.4) is 0 Å². The van der Waals surface area contributed by atoms with Gasteiger partial charge in [-0.25, -0.2) is 8.78 Å². The molecule has 1 fully saturated rings. The first-order valence-electron chi connectivity index (χ1n) is 6.08. The Hall–Kier alpha value is -0.455. The third-order valence-corrected chi connectivity index (χ3v) is 4.43. The molecule has 0 amide bonds. The molecule has 0 bridgehead atoms. The molecule has 1 aliphatic heterocycles. The van der Waals surface area contributed by atoms with Crippen LogP contribution in [0.4, 0.5) is 8.78 Å². The second-order valence-corrected chi connectivity index (χ2v) is 6.21. The van der Waals surface area contributed by atoms with Gasteiger partial charge in [0.15, 0.2) is 11.6 Å². The fraction of sp³-hybridized carbons (Fsp3) is 0.538. The molecule has 1 aliphatic rings. The van der Waals surface area contributed by atoms with Crippen molar-refractivity contribution in [2.45, 2.75) is 44.2 Å². The van der Waals surface area contributed by atoms with E-state index in [0.29, 0.717) is 5.46 Å². The van der Waals surface area contributed by atoms with E-state index in [0.717, 1.165) is 6.07 Å². The van der Waals surface area contributed by atoms with Gasteiger partial charge in [-0.05, 0) is 39.2 Å². The topological polar surface area (TPSA) is 18.5 Å². The molecule has 2 rings (SSSR count). The number of rotatable bonds is 2. The zero-order valence-electron chi connectivity index (χ0n) is 11.4. The van der Waals surface area contributed by atoms with E-state index in [1.807, 2.05) is 27.7 Å². The monoisotopic (exact) mass is 332 g/mol. The molecule has 0 spiro atoms. The van der Waals surface area contributed by atoms with Gasteiger partial charge in [0.25, 0.3) is 0 Å². The third kappa shape index (κ3) is 2.46. The average molecular weight is 333 g/mol. The van der Waals surface area contributed by atoms with Crippen LogP contribution >= 0.6 is 15.9 Å². The van der Waals surface area contributed by atoms with Gasteiger partial charge in [0, 0.05) is 10.9 Å². The summed E-state index contributed by atoms with van der Waals surface area (Å²) in [4.78, 5) is 0. The maximum absolute atomic E-state index is 13.8. The molecule has 6 heteroatoms. The van der Waals surface area contributed by atoms with E-state index in [1.165, 1.54) is 6.07 Å². The van der Waals surface area contributed by atoms with E-state index in [9.17, 15) is 8.78 Å². The van der Waals surface area contributed by atoms with E-state index in [-0.39, 0.29) is 10.9 Å². The maximum atomic E-state index is 13.8. The standard InChI is InChI=1S/C13H16BBrF2O2/c1-12(2)13(3,4)19-14(18-12)9-5-6-10(16)11(17)8(9)7-15/h5-6H,7H2,1-4H3. The van der Waals surface area contributed by atoms with Crippen LogP contribution in [0.2, 0.25) is 0 Å². The highest BCUT2D eigenvalue weighted by atomic mass is 79.9. The van der Waals surface area contributed by atoms with Gasteiger partial charge in [-0.15, -0.1) is 0 Å². The number of alkyl halides is 1. The third-order valence-electron chi connectivity index (χ3n) is 3.87. The first-order valence-corrected chi connectivity index (χ1v) is 7.20. The summed E-state index contributed by atoms with van der Waals surface area (Å²) in [5.41, 5.74) is -0.258. The molecule has 1 aromatic rings. The van der Waals surface area contributed by atoms with Crippen LogP contribution < -0.4 is 5.46 Å². The van der Waals surface area contributed by atoms with Gasteiger partial charge < -0.3 is 9.31 Å². The summed E-state index contributed by atoms with van der Waals surface area (Å²) in [7, 11) is -0.687. The minimum Gasteiger partial charge on any atom is -0.399 e.